The van der Waals surface area contributed by atoms with Crippen LogP contribution in [-0.4, -0.2) is 27.3 Å². The van der Waals surface area contributed by atoms with Gasteiger partial charge in [-0.2, -0.15) is 0 Å². The number of carbonyl (C=O) groups is 1. The van der Waals surface area contributed by atoms with Gasteiger partial charge in [-0.15, -0.1) is 0 Å². The Labute approximate surface area is 181 Å². The number of aromatic nitrogens is 3. The third kappa shape index (κ3) is 4.24. The average Bonchev–Trinajstić information content (AvgIpc) is 3.09. The zero-order valence-corrected chi connectivity index (χ0v) is 17.0. The maximum Gasteiger partial charge on any atom is 1.00 e. The molecule has 0 amide bonds. The van der Waals surface area contributed by atoms with E-state index >= 15 is 0 Å². The summed E-state index contributed by atoms with van der Waals surface area (Å²) in [6, 6.07) is 14.5. The van der Waals surface area contributed by atoms with Gasteiger partial charge in [-0.1, -0.05) is 46.7 Å². The molecular formula is C19H14F2N3NaO3. The summed E-state index contributed by atoms with van der Waals surface area (Å²) in [5.41, 5.74) is 2.43. The molecule has 0 radical (unpaired) electrons. The summed E-state index contributed by atoms with van der Waals surface area (Å²) < 4.78 is 31.4. The van der Waals surface area contributed by atoms with Gasteiger partial charge in [0.1, 0.15) is 11.4 Å². The first kappa shape index (κ1) is 20.4. The minimum atomic E-state index is -2.53. The number of hydrogen-bond acceptors (Lipinski definition) is 5. The number of alkyl halides is 2. The molecule has 6 nitrogen and oxygen atoms in total. The van der Waals surface area contributed by atoms with Crippen molar-refractivity contribution in [3.05, 3.63) is 59.8 Å². The molecule has 2 aromatic carbocycles. The molecule has 0 unspecified atom stereocenters. The van der Waals surface area contributed by atoms with E-state index in [1.165, 1.54) is 0 Å². The van der Waals surface area contributed by atoms with Crippen molar-refractivity contribution < 1.29 is 53.0 Å². The summed E-state index contributed by atoms with van der Waals surface area (Å²) in [5, 5.41) is 20.0. The predicted molar refractivity (Wildman–Crippen MR) is 89.6 cm³/mol. The fourth-order valence-electron chi connectivity index (χ4n) is 3.09. The quantitative estimate of drug-likeness (QED) is 0.623. The van der Waals surface area contributed by atoms with E-state index in [1.807, 2.05) is 24.3 Å². The van der Waals surface area contributed by atoms with Crippen LogP contribution in [0.3, 0.4) is 0 Å². The zero-order valence-electron chi connectivity index (χ0n) is 15.0. The molecule has 1 aromatic heterocycles. The molecule has 138 valence electrons. The van der Waals surface area contributed by atoms with Crippen molar-refractivity contribution in [3.63, 3.8) is 0 Å². The van der Waals surface area contributed by atoms with Crippen LogP contribution in [0.15, 0.2) is 48.5 Å². The van der Waals surface area contributed by atoms with Crippen molar-refractivity contribution in [2.75, 3.05) is 0 Å². The summed E-state index contributed by atoms with van der Waals surface area (Å²) in [4.78, 5) is 10.9. The second-order valence-corrected chi connectivity index (χ2v) is 6.49. The van der Waals surface area contributed by atoms with Gasteiger partial charge < -0.3 is 14.6 Å². The summed E-state index contributed by atoms with van der Waals surface area (Å²) in [6.45, 7) is 0. The number of hydrogen-bond donors (Lipinski definition) is 1. The summed E-state index contributed by atoms with van der Waals surface area (Å²) in [7, 11) is 0. The number of nitrogens with one attached hydrogen (secondary N) is 1. The first-order valence-corrected chi connectivity index (χ1v) is 8.30. The van der Waals surface area contributed by atoms with Crippen molar-refractivity contribution >= 4 is 5.97 Å². The van der Waals surface area contributed by atoms with Crippen molar-refractivity contribution in [2.45, 2.75) is 24.7 Å². The van der Waals surface area contributed by atoms with Crippen molar-refractivity contribution in [3.8, 4) is 22.8 Å². The maximum atomic E-state index is 13.0. The number of ether oxygens (including phenoxy) is 1. The molecule has 0 saturated heterocycles. The fourth-order valence-corrected chi connectivity index (χ4v) is 3.09. The molecule has 1 heterocycles. The van der Waals surface area contributed by atoms with E-state index in [0.717, 1.165) is 16.7 Å². The molecule has 28 heavy (non-hydrogen) atoms. The summed E-state index contributed by atoms with van der Waals surface area (Å²) in [5.74, 6) is -3.85. The van der Waals surface area contributed by atoms with Crippen LogP contribution in [0.4, 0.5) is 8.78 Å². The SMILES string of the molecule is O=C([O-])c1[nH]nnc1Oc1ccc(-c2ccc(C3CC(F)(F)C3)cc2)cc1.[Na+]. The van der Waals surface area contributed by atoms with Crippen LogP contribution in [0.5, 0.6) is 11.6 Å². The van der Waals surface area contributed by atoms with Gasteiger partial charge >= 0.3 is 29.6 Å². The molecule has 1 aliphatic rings. The normalized spacial score (nSPS) is 15.4. The number of halogens is 2. The Morgan fingerprint density at radius 1 is 1.07 bits per heavy atom. The third-order valence-corrected chi connectivity index (χ3v) is 4.59. The van der Waals surface area contributed by atoms with Gasteiger partial charge in [0.15, 0.2) is 0 Å². The van der Waals surface area contributed by atoms with Crippen molar-refractivity contribution in [1.29, 1.82) is 0 Å². The number of aromatic carboxylic acids is 1. The Balaban J connectivity index is 0.00000225. The van der Waals surface area contributed by atoms with Crippen LogP contribution < -0.4 is 39.4 Å². The van der Waals surface area contributed by atoms with Crippen LogP contribution in [0.1, 0.15) is 34.8 Å². The summed E-state index contributed by atoms with van der Waals surface area (Å²) >= 11 is 0. The Kier molecular flexibility index (Phi) is 5.83. The molecule has 0 bridgehead atoms. The van der Waals surface area contributed by atoms with E-state index in [1.54, 1.807) is 24.3 Å². The topological polar surface area (TPSA) is 90.9 Å². The smallest absolute Gasteiger partial charge is 0.543 e. The Morgan fingerprint density at radius 2 is 1.64 bits per heavy atom. The number of carboxylic acids is 1. The fraction of sp³-hybridized carbons (Fsp3) is 0.211. The Hall–Kier alpha value is -2.29. The first-order chi connectivity index (χ1) is 12.9. The van der Waals surface area contributed by atoms with Crippen LogP contribution in [0.25, 0.3) is 11.1 Å². The molecule has 3 aromatic rings. The molecule has 4 rings (SSSR count). The zero-order chi connectivity index (χ0) is 19.0. The van der Waals surface area contributed by atoms with Crippen LogP contribution in [0.2, 0.25) is 0 Å². The maximum absolute atomic E-state index is 13.0. The first-order valence-electron chi connectivity index (χ1n) is 8.30. The molecule has 1 aliphatic carbocycles. The van der Waals surface area contributed by atoms with Gasteiger partial charge in [0.2, 0.25) is 5.92 Å². The van der Waals surface area contributed by atoms with Crippen LogP contribution in [-0.2, 0) is 0 Å². The number of carboxylic acid groups (broad SMARTS) is 1. The standard InChI is InChI=1S/C19H15F2N3O3.Na/c20-19(21)9-14(10-19)13-3-1-11(2-4-13)12-5-7-15(8-6-12)27-17-16(18(25)26)22-24-23-17;/h1-8,14H,9-10H2,(H,25,26)(H,22,23,24);/q;+1/p-1. The summed E-state index contributed by atoms with van der Waals surface area (Å²) in [6.07, 6.45) is -0.178. The number of rotatable bonds is 5. The number of H-pyrrole nitrogens is 1. The van der Waals surface area contributed by atoms with E-state index in [0.29, 0.717) is 5.75 Å². The van der Waals surface area contributed by atoms with E-state index in [4.69, 9.17) is 4.74 Å². The minimum Gasteiger partial charge on any atom is -0.543 e. The van der Waals surface area contributed by atoms with Crippen LogP contribution >= 0.6 is 0 Å². The van der Waals surface area contributed by atoms with Gasteiger partial charge in [0.05, 0.1) is 5.97 Å². The second kappa shape index (κ2) is 7.98. The second-order valence-electron chi connectivity index (χ2n) is 6.49. The number of nitrogens with zero attached hydrogens (tertiary/aromatic N) is 2. The van der Waals surface area contributed by atoms with Gasteiger partial charge in [0.25, 0.3) is 5.88 Å². The van der Waals surface area contributed by atoms with E-state index < -0.39 is 11.9 Å². The van der Waals surface area contributed by atoms with E-state index in [9.17, 15) is 18.7 Å². The Bertz CT molecular complexity index is 967. The van der Waals surface area contributed by atoms with Gasteiger partial charge in [-0.3, -0.25) is 5.10 Å². The van der Waals surface area contributed by atoms with Crippen molar-refractivity contribution in [2.24, 2.45) is 0 Å². The largest absolute Gasteiger partial charge is 1.00 e. The van der Waals surface area contributed by atoms with Gasteiger partial charge in [-0.25, -0.2) is 8.78 Å². The minimum absolute atomic E-state index is 0. The molecule has 1 fully saturated rings. The monoisotopic (exact) mass is 393 g/mol. The number of benzene rings is 2. The van der Waals surface area contributed by atoms with Gasteiger partial charge in [-0.05, 0) is 34.7 Å². The number of carbonyl (C=O) groups excluding carboxylic acids is 1. The van der Waals surface area contributed by atoms with Crippen molar-refractivity contribution in [1.82, 2.24) is 15.4 Å². The molecule has 1 N–H and O–H groups in total. The Morgan fingerprint density at radius 3 is 2.18 bits per heavy atom. The predicted octanol–water partition coefficient (Wildman–Crippen LogP) is 0.144. The number of aromatic amines is 1. The molecule has 0 atom stereocenters. The van der Waals surface area contributed by atoms with E-state index in [2.05, 4.69) is 15.4 Å². The van der Waals surface area contributed by atoms with Crippen LogP contribution in [0, 0.1) is 0 Å². The molecule has 0 aliphatic heterocycles. The molecule has 0 spiro atoms. The average molecular weight is 393 g/mol. The molecule has 1 saturated carbocycles. The van der Waals surface area contributed by atoms with E-state index in [-0.39, 0.29) is 59.9 Å². The molecule has 9 heteroatoms. The third-order valence-electron chi connectivity index (χ3n) is 4.59. The molecular weight excluding hydrogens is 379 g/mol. The van der Waals surface area contributed by atoms with Gasteiger partial charge in [0, 0.05) is 12.8 Å².